The molecule has 2 heterocycles. The number of nitrogens with one attached hydrogen (secondary N) is 3. The molecule has 1 aromatic carbocycles. The van der Waals surface area contributed by atoms with Crippen LogP contribution in [0.1, 0.15) is 25.7 Å². The number of anilines is 2. The van der Waals surface area contributed by atoms with Crippen LogP contribution in [0, 0.1) is 0 Å². The molecular weight excluding hydrogens is 368 g/mol. The lowest BCUT2D eigenvalue weighted by molar-refractivity contribution is -0.908. The number of halogens is 1. The maximum Gasteiger partial charge on any atom is 0.170 e. The summed E-state index contributed by atoms with van der Waals surface area (Å²) in [4.78, 5) is 4.05. The summed E-state index contributed by atoms with van der Waals surface area (Å²) in [7, 11) is 0. The molecule has 3 N–H and O–H groups in total. The first-order chi connectivity index (χ1) is 12.7. The van der Waals surface area contributed by atoms with E-state index in [0.29, 0.717) is 5.11 Å². The van der Waals surface area contributed by atoms with Gasteiger partial charge in [-0.1, -0.05) is 11.6 Å². The molecular formula is C19H30ClN4OS+. The van der Waals surface area contributed by atoms with Gasteiger partial charge in [-0.3, -0.25) is 0 Å². The molecule has 0 amide bonds. The van der Waals surface area contributed by atoms with E-state index in [1.807, 2.05) is 12.1 Å². The maximum absolute atomic E-state index is 6.22. The SMILES string of the molecule is S=C(NCCC[NH+]1CCOCC1)Nc1cc(Cl)ccc1N1CCCCC1. The molecule has 2 saturated heterocycles. The number of rotatable bonds is 6. The Hall–Kier alpha value is -1.08. The Kier molecular flexibility index (Phi) is 7.80. The first-order valence-electron chi connectivity index (χ1n) is 9.73. The summed E-state index contributed by atoms with van der Waals surface area (Å²) in [5.74, 6) is 0. The summed E-state index contributed by atoms with van der Waals surface area (Å²) in [6.45, 7) is 8.24. The van der Waals surface area contributed by atoms with Crippen LogP contribution in [0.4, 0.5) is 11.4 Å². The molecule has 3 rings (SSSR count). The van der Waals surface area contributed by atoms with E-state index in [9.17, 15) is 0 Å². The van der Waals surface area contributed by atoms with Gasteiger partial charge in [0.05, 0.1) is 31.1 Å². The predicted octanol–water partition coefficient (Wildman–Crippen LogP) is 1.92. The molecule has 0 aromatic heterocycles. The van der Waals surface area contributed by atoms with Crippen LogP contribution in [0.15, 0.2) is 18.2 Å². The highest BCUT2D eigenvalue weighted by Crippen LogP contribution is 2.31. The van der Waals surface area contributed by atoms with Crippen LogP contribution in [0.3, 0.4) is 0 Å². The summed E-state index contributed by atoms with van der Waals surface area (Å²) in [5.41, 5.74) is 2.19. The van der Waals surface area contributed by atoms with Crippen molar-refractivity contribution >= 4 is 40.3 Å². The molecule has 2 aliphatic heterocycles. The van der Waals surface area contributed by atoms with Gasteiger partial charge in [0, 0.05) is 31.1 Å². The first-order valence-corrected chi connectivity index (χ1v) is 10.5. The lowest BCUT2D eigenvalue weighted by Crippen LogP contribution is -3.14. The van der Waals surface area contributed by atoms with Gasteiger partial charge in [-0.25, -0.2) is 0 Å². The third kappa shape index (κ3) is 5.98. The van der Waals surface area contributed by atoms with Gasteiger partial charge in [0.2, 0.25) is 0 Å². The van der Waals surface area contributed by atoms with E-state index in [2.05, 4.69) is 21.6 Å². The molecule has 7 heteroatoms. The third-order valence-electron chi connectivity index (χ3n) is 5.10. The molecule has 0 atom stereocenters. The van der Waals surface area contributed by atoms with Gasteiger partial charge < -0.3 is 25.2 Å². The Bertz CT molecular complexity index is 589. The van der Waals surface area contributed by atoms with E-state index >= 15 is 0 Å². The van der Waals surface area contributed by atoms with Crippen molar-refractivity contribution < 1.29 is 9.64 Å². The van der Waals surface area contributed by atoms with Crippen molar-refractivity contribution in [3.8, 4) is 0 Å². The summed E-state index contributed by atoms with van der Waals surface area (Å²) < 4.78 is 5.40. The highest BCUT2D eigenvalue weighted by molar-refractivity contribution is 7.80. The molecule has 5 nitrogen and oxygen atoms in total. The number of hydrogen-bond acceptors (Lipinski definition) is 3. The second-order valence-corrected chi connectivity index (χ2v) is 7.90. The minimum atomic E-state index is 0.669. The van der Waals surface area contributed by atoms with Crippen molar-refractivity contribution in [2.24, 2.45) is 0 Å². The number of hydrogen-bond donors (Lipinski definition) is 3. The molecule has 0 aliphatic carbocycles. The van der Waals surface area contributed by atoms with E-state index < -0.39 is 0 Å². The van der Waals surface area contributed by atoms with Crippen molar-refractivity contribution in [1.82, 2.24) is 5.32 Å². The monoisotopic (exact) mass is 397 g/mol. The van der Waals surface area contributed by atoms with E-state index in [1.165, 1.54) is 24.9 Å². The van der Waals surface area contributed by atoms with Crippen LogP contribution in [0.25, 0.3) is 0 Å². The van der Waals surface area contributed by atoms with E-state index in [-0.39, 0.29) is 0 Å². The smallest absolute Gasteiger partial charge is 0.170 e. The standard InChI is InChI=1S/C19H29ClN4OS/c20-16-5-6-18(24-9-2-1-3-10-24)17(15-16)22-19(26)21-7-4-8-23-11-13-25-14-12-23/h5-6,15H,1-4,7-14H2,(H2,21,22,26)/p+1. The van der Waals surface area contributed by atoms with Crippen molar-refractivity contribution in [3.63, 3.8) is 0 Å². The molecule has 26 heavy (non-hydrogen) atoms. The topological polar surface area (TPSA) is 41.0 Å². The zero-order chi connectivity index (χ0) is 18.2. The van der Waals surface area contributed by atoms with Crippen molar-refractivity contribution in [3.05, 3.63) is 23.2 Å². The van der Waals surface area contributed by atoms with Gasteiger partial charge in [-0.15, -0.1) is 0 Å². The van der Waals surface area contributed by atoms with Crippen LogP contribution >= 0.6 is 23.8 Å². The normalized spacial score (nSPS) is 18.6. The molecule has 0 radical (unpaired) electrons. The van der Waals surface area contributed by atoms with E-state index in [1.54, 1.807) is 4.90 Å². The molecule has 0 bridgehead atoms. The predicted molar refractivity (Wildman–Crippen MR) is 113 cm³/mol. The Morgan fingerprint density at radius 1 is 1.19 bits per heavy atom. The van der Waals surface area contributed by atoms with Gasteiger partial charge in [0.1, 0.15) is 13.1 Å². The molecule has 0 spiro atoms. The molecule has 2 fully saturated rings. The minimum Gasteiger partial charge on any atom is -0.370 e. The summed E-state index contributed by atoms with van der Waals surface area (Å²) in [6, 6.07) is 6.02. The lowest BCUT2D eigenvalue weighted by atomic mass is 10.1. The molecule has 1 aromatic rings. The summed E-state index contributed by atoms with van der Waals surface area (Å²) >= 11 is 11.7. The summed E-state index contributed by atoms with van der Waals surface area (Å²) in [5, 5.41) is 8.09. The van der Waals surface area contributed by atoms with Gasteiger partial charge >= 0.3 is 0 Å². The number of benzene rings is 1. The average molecular weight is 398 g/mol. The van der Waals surface area contributed by atoms with Crippen LogP contribution in [-0.4, -0.2) is 57.6 Å². The first kappa shape index (κ1) is 19.7. The molecule has 144 valence electrons. The lowest BCUT2D eigenvalue weighted by Gasteiger charge is -2.31. The van der Waals surface area contributed by atoms with E-state index in [0.717, 1.165) is 69.6 Å². The minimum absolute atomic E-state index is 0.669. The fraction of sp³-hybridized carbons (Fsp3) is 0.632. The summed E-state index contributed by atoms with van der Waals surface area (Å²) in [6.07, 6.45) is 4.91. The number of morpholine rings is 1. The van der Waals surface area contributed by atoms with Gasteiger partial charge in [0.25, 0.3) is 0 Å². The Balaban J connectivity index is 1.47. The van der Waals surface area contributed by atoms with Crippen LogP contribution in [0.2, 0.25) is 5.02 Å². The average Bonchev–Trinajstić information content (AvgIpc) is 2.67. The third-order valence-corrected chi connectivity index (χ3v) is 5.58. The Labute approximate surface area is 167 Å². The number of quaternary nitrogens is 1. The molecule has 0 unspecified atom stereocenters. The quantitative estimate of drug-likeness (QED) is 0.505. The highest BCUT2D eigenvalue weighted by Gasteiger charge is 2.16. The van der Waals surface area contributed by atoms with E-state index in [4.69, 9.17) is 28.6 Å². The van der Waals surface area contributed by atoms with Crippen molar-refractivity contribution in [2.45, 2.75) is 25.7 Å². The van der Waals surface area contributed by atoms with Crippen molar-refractivity contribution in [2.75, 3.05) is 62.7 Å². The number of piperidine rings is 1. The number of thiocarbonyl (C=S) groups is 1. The fourth-order valence-electron chi connectivity index (χ4n) is 3.64. The van der Waals surface area contributed by atoms with Crippen LogP contribution in [-0.2, 0) is 4.74 Å². The second-order valence-electron chi connectivity index (χ2n) is 7.06. The van der Waals surface area contributed by atoms with Gasteiger partial charge in [0.15, 0.2) is 5.11 Å². The van der Waals surface area contributed by atoms with Crippen molar-refractivity contribution in [1.29, 1.82) is 0 Å². The fourth-order valence-corrected chi connectivity index (χ4v) is 4.02. The highest BCUT2D eigenvalue weighted by atomic mass is 35.5. The Morgan fingerprint density at radius 3 is 2.73 bits per heavy atom. The zero-order valence-electron chi connectivity index (χ0n) is 15.4. The maximum atomic E-state index is 6.22. The number of ether oxygens (including phenoxy) is 1. The largest absolute Gasteiger partial charge is 0.370 e. The Morgan fingerprint density at radius 2 is 1.96 bits per heavy atom. The molecule has 2 aliphatic rings. The van der Waals surface area contributed by atoms with Crippen LogP contribution < -0.4 is 20.4 Å². The van der Waals surface area contributed by atoms with Crippen LogP contribution in [0.5, 0.6) is 0 Å². The second kappa shape index (κ2) is 10.3. The van der Waals surface area contributed by atoms with Gasteiger partial charge in [-0.2, -0.15) is 0 Å². The zero-order valence-corrected chi connectivity index (χ0v) is 16.9. The number of nitrogens with zero attached hydrogens (tertiary/aromatic N) is 1. The molecule has 0 saturated carbocycles. The van der Waals surface area contributed by atoms with Gasteiger partial charge in [-0.05, 0) is 49.7 Å².